The van der Waals surface area contributed by atoms with Crippen LogP contribution in [0.15, 0.2) is 40.5 Å². The number of pyridine rings is 1. The topological polar surface area (TPSA) is 52.2 Å². The number of rotatable bonds is 3. The van der Waals surface area contributed by atoms with Gasteiger partial charge in [0.15, 0.2) is 6.29 Å². The zero-order chi connectivity index (χ0) is 13.4. The van der Waals surface area contributed by atoms with Gasteiger partial charge in [0.25, 0.3) is 0 Å². The molecule has 0 unspecified atom stereocenters. The van der Waals surface area contributed by atoms with Crippen molar-refractivity contribution in [3.8, 4) is 0 Å². The molecule has 19 heavy (non-hydrogen) atoms. The molecule has 0 aliphatic heterocycles. The Hall–Kier alpha value is -2.08. The highest BCUT2D eigenvalue weighted by Crippen LogP contribution is 2.29. The standard InChI is InChI=1S/C13H12N4OS/c1-9-7-12(16(2)15-9)19-13-10(8-18)17-6-4-3-5-11(17)14-13/h3-8H,1-2H3. The third-order valence-corrected chi connectivity index (χ3v) is 3.89. The Kier molecular flexibility index (Phi) is 2.87. The number of carbonyl (C=O) groups excluding carboxylic acids is 1. The average molecular weight is 272 g/mol. The summed E-state index contributed by atoms with van der Waals surface area (Å²) in [5, 5.41) is 5.95. The van der Waals surface area contributed by atoms with Gasteiger partial charge in [0, 0.05) is 13.2 Å². The van der Waals surface area contributed by atoms with E-state index in [0.29, 0.717) is 10.7 Å². The van der Waals surface area contributed by atoms with Crippen LogP contribution in [-0.4, -0.2) is 25.5 Å². The van der Waals surface area contributed by atoms with Gasteiger partial charge in [-0.25, -0.2) is 4.98 Å². The van der Waals surface area contributed by atoms with E-state index in [1.165, 1.54) is 11.8 Å². The molecule has 0 bridgehead atoms. The van der Waals surface area contributed by atoms with Crippen molar-refractivity contribution in [2.24, 2.45) is 7.05 Å². The molecule has 3 rings (SSSR count). The third kappa shape index (κ3) is 2.04. The van der Waals surface area contributed by atoms with E-state index in [9.17, 15) is 4.79 Å². The number of hydrogen-bond donors (Lipinski definition) is 0. The maximum Gasteiger partial charge on any atom is 0.169 e. The quantitative estimate of drug-likeness (QED) is 0.687. The van der Waals surface area contributed by atoms with Crippen molar-refractivity contribution < 1.29 is 4.79 Å². The van der Waals surface area contributed by atoms with E-state index in [2.05, 4.69) is 10.1 Å². The molecule has 0 atom stereocenters. The molecule has 0 aliphatic rings. The summed E-state index contributed by atoms with van der Waals surface area (Å²) >= 11 is 1.45. The van der Waals surface area contributed by atoms with E-state index in [-0.39, 0.29) is 0 Å². The number of nitrogens with zero attached hydrogens (tertiary/aromatic N) is 4. The van der Waals surface area contributed by atoms with Crippen molar-refractivity contribution in [3.63, 3.8) is 0 Å². The largest absolute Gasteiger partial charge is 0.296 e. The van der Waals surface area contributed by atoms with Gasteiger partial charge in [-0.2, -0.15) is 5.10 Å². The Balaban J connectivity index is 2.10. The molecule has 0 fully saturated rings. The highest BCUT2D eigenvalue weighted by Gasteiger charge is 2.14. The van der Waals surface area contributed by atoms with Crippen LogP contribution in [0.4, 0.5) is 0 Å². The van der Waals surface area contributed by atoms with Crippen molar-refractivity contribution in [1.82, 2.24) is 19.2 Å². The molecule has 0 saturated carbocycles. The van der Waals surface area contributed by atoms with Gasteiger partial charge in [-0.3, -0.25) is 13.9 Å². The van der Waals surface area contributed by atoms with Crippen LogP contribution in [-0.2, 0) is 7.05 Å². The van der Waals surface area contributed by atoms with E-state index in [0.717, 1.165) is 22.7 Å². The maximum absolute atomic E-state index is 11.3. The van der Waals surface area contributed by atoms with Gasteiger partial charge in [-0.15, -0.1) is 0 Å². The fourth-order valence-corrected chi connectivity index (χ4v) is 2.95. The second kappa shape index (κ2) is 4.55. The van der Waals surface area contributed by atoms with Crippen molar-refractivity contribution >= 4 is 23.7 Å². The molecule has 0 aliphatic carbocycles. The van der Waals surface area contributed by atoms with Gasteiger partial charge in [-0.1, -0.05) is 6.07 Å². The van der Waals surface area contributed by atoms with Crippen LogP contribution in [0, 0.1) is 6.92 Å². The van der Waals surface area contributed by atoms with Crippen LogP contribution in [0.3, 0.4) is 0 Å². The highest BCUT2D eigenvalue weighted by molar-refractivity contribution is 7.99. The summed E-state index contributed by atoms with van der Waals surface area (Å²) in [5.74, 6) is 0. The predicted octanol–water partition coefficient (Wildman–Crippen LogP) is 2.34. The molecule has 96 valence electrons. The molecule has 0 amide bonds. The van der Waals surface area contributed by atoms with E-state index in [4.69, 9.17) is 0 Å². The van der Waals surface area contributed by atoms with Gasteiger partial charge < -0.3 is 0 Å². The lowest BCUT2D eigenvalue weighted by atomic mass is 10.4. The van der Waals surface area contributed by atoms with Gasteiger partial charge in [0.2, 0.25) is 0 Å². The molecule has 3 aromatic rings. The Morgan fingerprint density at radius 3 is 2.89 bits per heavy atom. The Labute approximate surface area is 114 Å². The highest BCUT2D eigenvalue weighted by atomic mass is 32.2. The SMILES string of the molecule is Cc1cc(Sc2nc3ccccn3c2C=O)n(C)n1. The van der Waals surface area contributed by atoms with Crippen LogP contribution in [0.5, 0.6) is 0 Å². The Bertz CT molecular complexity index is 759. The molecular formula is C13H12N4OS. The van der Waals surface area contributed by atoms with E-state index in [1.54, 1.807) is 9.08 Å². The smallest absolute Gasteiger partial charge is 0.169 e. The molecule has 6 heteroatoms. The lowest BCUT2D eigenvalue weighted by Gasteiger charge is -1.99. The van der Waals surface area contributed by atoms with Crippen molar-refractivity contribution in [1.29, 1.82) is 0 Å². The van der Waals surface area contributed by atoms with Crippen LogP contribution >= 0.6 is 11.8 Å². The predicted molar refractivity (Wildman–Crippen MR) is 72.6 cm³/mol. The van der Waals surface area contributed by atoms with Crippen molar-refractivity contribution in [3.05, 3.63) is 41.9 Å². The van der Waals surface area contributed by atoms with Crippen LogP contribution in [0.25, 0.3) is 5.65 Å². The molecule has 0 saturated heterocycles. The first-order valence-corrected chi connectivity index (χ1v) is 6.61. The minimum Gasteiger partial charge on any atom is -0.296 e. The molecule has 0 N–H and O–H groups in total. The third-order valence-electron chi connectivity index (χ3n) is 2.81. The molecule has 3 aromatic heterocycles. The second-order valence-corrected chi connectivity index (χ2v) is 5.21. The number of aryl methyl sites for hydroxylation is 2. The van der Waals surface area contributed by atoms with E-state index >= 15 is 0 Å². The summed E-state index contributed by atoms with van der Waals surface area (Å²) < 4.78 is 3.58. The number of hydrogen-bond acceptors (Lipinski definition) is 4. The van der Waals surface area contributed by atoms with E-state index < -0.39 is 0 Å². The van der Waals surface area contributed by atoms with Gasteiger partial charge in [-0.05, 0) is 36.9 Å². The van der Waals surface area contributed by atoms with E-state index in [1.807, 2.05) is 44.4 Å². The minimum absolute atomic E-state index is 0.569. The number of aromatic nitrogens is 4. The van der Waals surface area contributed by atoms with Crippen LogP contribution in [0.1, 0.15) is 16.2 Å². The fourth-order valence-electron chi connectivity index (χ4n) is 1.96. The summed E-state index contributed by atoms with van der Waals surface area (Å²) in [5.41, 5.74) is 2.28. The normalized spacial score (nSPS) is 11.1. The monoisotopic (exact) mass is 272 g/mol. The summed E-state index contributed by atoms with van der Waals surface area (Å²) in [4.78, 5) is 15.8. The second-order valence-electron chi connectivity index (χ2n) is 4.20. The lowest BCUT2D eigenvalue weighted by molar-refractivity contribution is 0.111. The number of imidazole rings is 1. The fraction of sp³-hybridized carbons (Fsp3) is 0.154. The van der Waals surface area contributed by atoms with Crippen molar-refractivity contribution in [2.45, 2.75) is 17.0 Å². The molecular weight excluding hydrogens is 260 g/mol. The molecule has 0 spiro atoms. The zero-order valence-electron chi connectivity index (χ0n) is 10.6. The molecule has 0 radical (unpaired) electrons. The summed E-state index contributed by atoms with van der Waals surface area (Å²) in [6.07, 6.45) is 2.68. The van der Waals surface area contributed by atoms with Crippen LogP contribution in [0.2, 0.25) is 0 Å². The van der Waals surface area contributed by atoms with Gasteiger partial charge in [0.05, 0.1) is 5.69 Å². The summed E-state index contributed by atoms with van der Waals surface area (Å²) in [6.45, 7) is 1.94. The summed E-state index contributed by atoms with van der Waals surface area (Å²) in [6, 6.07) is 7.64. The Morgan fingerprint density at radius 2 is 2.21 bits per heavy atom. The minimum atomic E-state index is 0.569. The average Bonchev–Trinajstić information content (AvgIpc) is 2.89. The van der Waals surface area contributed by atoms with Crippen molar-refractivity contribution in [2.75, 3.05) is 0 Å². The molecule has 0 aromatic carbocycles. The molecule has 3 heterocycles. The Morgan fingerprint density at radius 1 is 1.37 bits per heavy atom. The number of carbonyl (C=O) groups is 1. The number of fused-ring (bicyclic) bond motifs is 1. The zero-order valence-corrected chi connectivity index (χ0v) is 11.4. The van der Waals surface area contributed by atoms with Gasteiger partial charge in [0.1, 0.15) is 21.4 Å². The first-order valence-electron chi connectivity index (χ1n) is 5.80. The number of aldehydes is 1. The van der Waals surface area contributed by atoms with Crippen LogP contribution < -0.4 is 0 Å². The maximum atomic E-state index is 11.3. The molecule has 5 nitrogen and oxygen atoms in total. The van der Waals surface area contributed by atoms with Gasteiger partial charge >= 0.3 is 0 Å². The summed E-state index contributed by atoms with van der Waals surface area (Å²) in [7, 11) is 1.88. The lowest BCUT2D eigenvalue weighted by Crippen LogP contribution is -1.94. The first-order chi connectivity index (χ1) is 9.19. The first kappa shape index (κ1) is 12.0.